The number of carbonyl (C=O) groups is 1. The maximum atomic E-state index is 11.8. The van der Waals surface area contributed by atoms with E-state index in [0.29, 0.717) is 0 Å². The number of rotatable bonds is 0. The molecule has 74 valence electrons. The Kier molecular flexibility index (Phi) is 1.71. The molecule has 0 spiro atoms. The van der Waals surface area contributed by atoms with Crippen molar-refractivity contribution in [1.82, 2.24) is 4.90 Å². The summed E-state index contributed by atoms with van der Waals surface area (Å²) in [5.74, 6) is 0.236. The Morgan fingerprint density at radius 2 is 2.00 bits per heavy atom. The maximum absolute atomic E-state index is 11.8. The molecule has 1 aromatic rings. The van der Waals surface area contributed by atoms with Gasteiger partial charge in [0.15, 0.2) is 0 Å². The van der Waals surface area contributed by atoms with E-state index < -0.39 is 0 Å². The van der Waals surface area contributed by atoms with Crippen LogP contribution >= 0.6 is 11.3 Å². The number of hydrogen-bond acceptors (Lipinski definition) is 2. The molecule has 2 aliphatic rings. The van der Waals surface area contributed by atoms with Crippen LogP contribution in [0, 0.1) is 0 Å². The number of nitrogens with zero attached hydrogens (tertiary/aromatic N) is 1. The lowest BCUT2D eigenvalue weighted by Crippen LogP contribution is -2.18. The molecule has 0 atom stereocenters. The molecule has 3 heteroatoms. The fourth-order valence-corrected chi connectivity index (χ4v) is 3.85. The van der Waals surface area contributed by atoms with Crippen molar-refractivity contribution >= 4 is 17.2 Å². The number of hydrogen-bond donors (Lipinski definition) is 0. The van der Waals surface area contributed by atoms with Crippen LogP contribution in [0.2, 0.25) is 0 Å². The molecule has 0 N–H and O–H groups in total. The Morgan fingerprint density at radius 3 is 2.86 bits per heavy atom. The highest BCUT2D eigenvalue weighted by Gasteiger charge is 2.31. The van der Waals surface area contributed by atoms with Crippen molar-refractivity contribution in [3.8, 4) is 0 Å². The monoisotopic (exact) mass is 207 g/mol. The van der Waals surface area contributed by atoms with E-state index >= 15 is 0 Å². The van der Waals surface area contributed by atoms with Gasteiger partial charge in [0.2, 0.25) is 0 Å². The number of aryl methyl sites for hydroxylation is 1. The van der Waals surface area contributed by atoms with Crippen molar-refractivity contribution in [3.63, 3.8) is 0 Å². The van der Waals surface area contributed by atoms with E-state index in [9.17, 15) is 4.79 Å². The first kappa shape index (κ1) is 8.48. The molecule has 0 fully saturated rings. The van der Waals surface area contributed by atoms with Gasteiger partial charge in [-0.05, 0) is 36.8 Å². The molecule has 0 bridgehead atoms. The first-order valence-corrected chi connectivity index (χ1v) is 5.98. The van der Waals surface area contributed by atoms with Crippen molar-refractivity contribution < 1.29 is 4.79 Å². The smallest absolute Gasteiger partial charge is 0.264 e. The van der Waals surface area contributed by atoms with Crippen LogP contribution in [-0.4, -0.2) is 17.9 Å². The van der Waals surface area contributed by atoms with E-state index in [1.165, 1.54) is 41.7 Å². The number of fused-ring (bicyclic) bond motifs is 3. The second kappa shape index (κ2) is 2.83. The van der Waals surface area contributed by atoms with Crippen molar-refractivity contribution in [2.45, 2.75) is 32.2 Å². The number of thiophene rings is 1. The summed E-state index contributed by atoms with van der Waals surface area (Å²) < 4.78 is 0. The molecular weight excluding hydrogens is 194 g/mol. The fourth-order valence-electron chi connectivity index (χ4n) is 2.45. The molecule has 0 aromatic carbocycles. The van der Waals surface area contributed by atoms with Gasteiger partial charge in [0, 0.05) is 18.5 Å². The van der Waals surface area contributed by atoms with Crippen LogP contribution in [0.25, 0.3) is 0 Å². The molecule has 14 heavy (non-hydrogen) atoms. The Labute approximate surface area is 87.5 Å². The SMILES string of the molecule is CN1Cc2c(sc3c2CCCC3)C1=O. The average Bonchev–Trinajstić information content (AvgIpc) is 2.67. The van der Waals surface area contributed by atoms with Gasteiger partial charge in [-0.15, -0.1) is 11.3 Å². The van der Waals surface area contributed by atoms with E-state index in [2.05, 4.69) is 0 Å². The third kappa shape index (κ3) is 0.989. The van der Waals surface area contributed by atoms with Gasteiger partial charge in [0.1, 0.15) is 0 Å². The van der Waals surface area contributed by atoms with Crippen LogP contribution in [-0.2, 0) is 19.4 Å². The first-order chi connectivity index (χ1) is 6.77. The molecule has 2 nitrogen and oxygen atoms in total. The molecule has 0 unspecified atom stereocenters. The lowest BCUT2D eigenvalue weighted by atomic mass is 9.95. The zero-order valence-electron chi connectivity index (χ0n) is 8.30. The van der Waals surface area contributed by atoms with E-state index in [-0.39, 0.29) is 5.91 Å². The summed E-state index contributed by atoms with van der Waals surface area (Å²) >= 11 is 1.75. The van der Waals surface area contributed by atoms with E-state index in [1.54, 1.807) is 11.3 Å². The van der Waals surface area contributed by atoms with Gasteiger partial charge < -0.3 is 4.90 Å². The Balaban J connectivity index is 2.14. The second-order valence-corrected chi connectivity index (χ2v) is 5.28. The van der Waals surface area contributed by atoms with Crippen LogP contribution in [0.1, 0.15) is 38.5 Å². The third-order valence-corrected chi connectivity index (χ3v) is 4.54. The molecule has 0 saturated carbocycles. The second-order valence-electron chi connectivity index (χ2n) is 4.18. The van der Waals surface area contributed by atoms with Crippen molar-refractivity contribution in [1.29, 1.82) is 0 Å². The summed E-state index contributed by atoms with van der Waals surface area (Å²) in [6, 6.07) is 0. The van der Waals surface area contributed by atoms with Crippen molar-refractivity contribution in [2.24, 2.45) is 0 Å². The minimum atomic E-state index is 0.236. The molecule has 2 heterocycles. The minimum absolute atomic E-state index is 0.236. The maximum Gasteiger partial charge on any atom is 0.264 e. The quantitative estimate of drug-likeness (QED) is 0.638. The highest BCUT2D eigenvalue weighted by Crippen LogP contribution is 2.38. The summed E-state index contributed by atoms with van der Waals surface area (Å²) in [6.07, 6.45) is 5.00. The normalized spacial score (nSPS) is 19.8. The standard InChI is InChI=1S/C11H13NOS/c1-12-6-8-7-4-2-3-5-9(7)14-10(8)11(12)13/h2-6H2,1H3. The van der Waals surface area contributed by atoms with Gasteiger partial charge in [-0.3, -0.25) is 4.79 Å². The zero-order valence-corrected chi connectivity index (χ0v) is 9.12. The summed E-state index contributed by atoms with van der Waals surface area (Å²) in [5.41, 5.74) is 2.85. The molecule has 1 aromatic heterocycles. The highest BCUT2D eigenvalue weighted by atomic mass is 32.1. The molecular formula is C11H13NOS. The van der Waals surface area contributed by atoms with Crippen molar-refractivity contribution in [3.05, 3.63) is 20.9 Å². The Morgan fingerprint density at radius 1 is 1.21 bits per heavy atom. The molecule has 1 amide bonds. The zero-order chi connectivity index (χ0) is 9.71. The lowest BCUT2D eigenvalue weighted by Gasteiger charge is -2.13. The van der Waals surface area contributed by atoms with E-state index in [4.69, 9.17) is 0 Å². The summed E-state index contributed by atoms with van der Waals surface area (Å²) in [6.45, 7) is 0.847. The van der Waals surface area contributed by atoms with Gasteiger partial charge in [-0.25, -0.2) is 0 Å². The van der Waals surface area contributed by atoms with E-state index in [0.717, 1.165) is 11.4 Å². The van der Waals surface area contributed by atoms with Gasteiger partial charge in [-0.2, -0.15) is 0 Å². The predicted octanol–water partition coefficient (Wildman–Crippen LogP) is 2.21. The van der Waals surface area contributed by atoms with Crippen LogP contribution in [0.15, 0.2) is 0 Å². The van der Waals surface area contributed by atoms with Gasteiger partial charge >= 0.3 is 0 Å². The number of amides is 1. The van der Waals surface area contributed by atoms with Crippen LogP contribution in [0.3, 0.4) is 0 Å². The first-order valence-electron chi connectivity index (χ1n) is 5.16. The molecule has 0 radical (unpaired) electrons. The topological polar surface area (TPSA) is 20.3 Å². The van der Waals surface area contributed by atoms with Crippen molar-refractivity contribution in [2.75, 3.05) is 7.05 Å². The van der Waals surface area contributed by atoms with Crippen LogP contribution in [0.5, 0.6) is 0 Å². The van der Waals surface area contributed by atoms with E-state index in [1.807, 2.05) is 11.9 Å². The average molecular weight is 207 g/mol. The van der Waals surface area contributed by atoms with Gasteiger partial charge in [-0.1, -0.05) is 0 Å². The third-order valence-electron chi connectivity index (χ3n) is 3.22. The number of carbonyl (C=O) groups excluding carboxylic acids is 1. The minimum Gasteiger partial charge on any atom is -0.337 e. The Hall–Kier alpha value is -0.830. The molecule has 3 rings (SSSR count). The largest absolute Gasteiger partial charge is 0.337 e. The lowest BCUT2D eigenvalue weighted by molar-refractivity contribution is 0.0819. The highest BCUT2D eigenvalue weighted by molar-refractivity contribution is 7.14. The molecule has 0 saturated heterocycles. The molecule has 1 aliphatic heterocycles. The summed E-state index contributed by atoms with van der Waals surface area (Å²) in [4.78, 5) is 16.1. The Bertz CT molecular complexity index is 408. The summed E-state index contributed by atoms with van der Waals surface area (Å²) in [5, 5.41) is 0. The fraction of sp³-hybridized carbons (Fsp3) is 0.545. The predicted molar refractivity (Wildman–Crippen MR) is 56.8 cm³/mol. The van der Waals surface area contributed by atoms with Crippen LogP contribution in [0.4, 0.5) is 0 Å². The summed E-state index contributed by atoms with van der Waals surface area (Å²) in [7, 11) is 1.89. The van der Waals surface area contributed by atoms with Gasteiger partial charge in [0.25, 0.3) is 5.91 Å². The van der Waals surface area contributed by atoms with Gasteiger partial charge in [0.05, 0.1) is 4.88 Å². The molecule has 1 aliphatic carbocycles. The van der Waals surface area contributed by atoms with Crippen LogP contribution < -0.4 is 0 Å².